The van der Waals surface area contributed by atoms with Gasteiger partial charge in [-0.05, 0) is 86.8 Å². The minimum Gasteiger partial charge on any atom is -0.480 e. The van der Waals surface area contributed by atoms with Crippen molar-refractivity contribution in [3.05, 3.63) is 59.7 Å². The molecule has 8 fully saturated rings. The lowest BCUT2D eigenvalue weighted by Crippen LogP contribution is -2.53. The van der Waals surface area contributed by atoms with Crippen LogP contribution in [0.5, 0.6) is 0 Å². The number of carbonyl (C=O) groups excluding carboxylic acids is 10. The first-order valence-electron chi connectivity index (χ1n) is 47.3. The van der Waals surface area contributed by atoms with Crippen molar-refractivity contribution in [1.82, 2.24) is 85.8 Å². The summed E-state index contributed by atoms with van der Waals surface area (Å²) in [5.74, 6) is -12.6. The highest BCUT2D eigenvalue weighted by Crippen LogP contribution is 2.36. The molecular weight excluding hydrogens is 1960 g/mol. The molecule has 51 nitrogen and oxygen atoms in total. The van der Waals surface area contributed by atoms with E-state index in [0.717, 1.165) is 57.6 Å². The molecule has 0 bridgehead atoms. The standard InChI is InChI=1S/C38H56N8O13S.C37H54N8O13S.C15H23N3O6S/c1-59-36(57)23-46(31(48)5-3-2-4-29-37-28(24-60-29)40-38(58)41-37)18-30(47)39-26-8-6-25(7-9-26)16-27-17-44(21-34(53)54)13-12-42(19-32(49)50)10-11-43(20-33(51)52)14-15-45(27)22-35(55)56;46-29(17-45(22-35(56)57)30(47)4-2-1-3-28-36-27(23-59-28)39-37(58)40-36)38-25-7-5-24(6-8-25)15-26-16-43(20-33(52)53)12-11-41(18-31(48)49)9-10-42(19-32(50)51)13-14-44(26)21-34(54)55;1-24-13(22)7-18(6-12(20)21)11(19)5-3-2-4-10-14-9(8-25-10)16-15(23)17-14/h6-9,27-29,37H,2-5,10-24H2,1H3,(H,39,47)(H,49,50)(H,51,52)(H,53,54)(H,55,56)(H2,40,41,58);5-8,26-28,36H,1-4,9-23H2,(H,38,46)(H,48,49)(H,50,51)(H,52,53)(H,54,55)(H,56,57)(H2,39,40,58);9-10,14H,2-8H2,1H3,(H,20,21)(H2,16,17,23). The lowest BCUT2D eigenvalue weighted by molar-refractivity contribution is -0.151. The van der Waals surface area contributed by atoms with Gasteiger partial charge in [0.25, 0.3) is 0 Å². The molecule has 8 aliphatic rings. The Morgan fingerprint density at radius 2 is 0.583 bits per heavy atom. The predicted molar refractivity (Wildman–Crippen MR) is 519 cm³/mol. The van der Waals surface area contributed by atoms with Gasteiger partial charge in [-0.3, -0.25) is 121 Å². The third-order valence-corrected chi connectivity index (χ3v) is 29.8. The summed E-state index contributed by atoms with van der Waals surface area (Å²) in [5.41, 5.74) is 2.14. The Morgan fingerprint density at radius 3 is 0.854 bits per heavy atom. The number of esters is 2. The Bertz CT molecular complexity index is 4750. The monoisotopic (exact) mass is 2090 g/mol. The maximum atomic E-state index is 13.2. The Morgan fingerprint density at radius 1 is 0.326 bits per heavy atom. The number of nitrogens with zero attached hydrogens (tertiary/aromatic N) is 11. The number of rotatable bonds is 49. The molecule has 8 aliphatic heterocycles. The summed E-state index contributed by atoms with van der Waals surface area (Å²) in [6.45, 7) is -3.76. The first-order valence-corrected chi connectivity index (χ1v) is 50.5. The van der Waals surface area contributed by atoms with E-state index in [1.165, 1.54) is 14.2 Å². The number of carboxylic acids is 10. The third kappa shape index (κ3) is 42.3. The number of hydrogen-bond acceptors (Lipinski definition) is 33. The lowest BCUT2D eigenvalue weighted by Gasteiger charge is -2.37. The molecule has 0 saturated carbocycles. The van der Waals surface area contributed by atoms with Crippen LogP contribution in [0.15, 0.2) is 48.5 Å². The van der Waals surface area contributed by atoms with Crippen molar-refractivity contribution in [3.63, 3.8) is 0 Å². The van der Waals surface area contributed by atoms with E-state index in [2.05, 4.69) is 47.3 Å². The van der Waals surface area contributed by atoms with Crippen molar-refractivity contribution < 1.29 is 156 Å². The van der Waals surface area contributed by atoms with Crippen molar-refractivity contribution in [3.8, 4) is 0 Å². The first kappa shape index (κ1) is 117. The fraction of sp³-hybridized carbons (Fsp3) is 0.644. The average molecular weight is 2090 g/mol. The number of carbonyl (C=O) groups is 20. The predicted octanol–water partition coefficient (Wildman–Crippen LogP) is -2.64. The van der Waals surface area contributed by atoms with Crippen LogP contribution in [0.1, 0.15) is 88.2 Å². The van der Waals surface area contributed by atoms with Crippen LogP contribution < -0.4 is 42.5 Å². The van der Waals surface area contributed by atoms with Gasteiger partial charge in [-0.25, -0.2) is 14.4 Å². The largest absolute Gasteiger partial charge is 0.480 e. The molecule has 0 spiro atoms. The number of unbranched alkanes of at least 4 members (excludes halogenated alkanes) is 3. The third-order valence-electron chi connectivity index (χ3n) is 25.2. The van der Waals surface area contributed by atoms with Crippen LogP contribution in [0.25, 0.3) is 0 Å². The van der Waals surface area contributed by atoms with E-state index in [1.807, 2.05) is 11.8 Å². The van der Waals surface area contributed by atoms with Crippen molar-refractivity contribution in [1.29, 1.82) is 0 Å². The Balaban J connectivity index is 0.000000285. The number of anilines is 2. The fourth-order valence-electron chi connectivity index (χ4n) is 18.2. The van der Waals surface area contributed by atoms with Crippen molar-refractivity contribution >= 4 is 166 Å². The zero-order valence-corrected chi connectivity index (χ0v) is 82.8. The number of fused-ring (bicyclic) bond motifs is 3. The second-order valence-corrected chi connectivity index (χ2v) is 40.0. The van der Waals surface area contributed by atoms with Gasteiger partial charge >= 0.3 is 89.7 Å². The highest BCUT2D eigenvalue weighted by molar-refractivity contribution is 8.00. The SMILES string of the molecule is COC(=O)CN(CC(=O)Nc1ccc(CC2CN(CC(=O)O)CCN(CC(=O)O)CCN(CC(=O)O)CCN2CC(=O)O)cc1)C(=O)CCCCC1SCC2NC(=O)NC21.COC(=O)CN(CC(=O)O)C(=O)CCCCC1SCC2NC(=O)NC21.O=C(O)CN1CCN(CC(=O)O)CCN(CC(=O)O)C(Cc2ccc(NC(=O)CN(CC(=O)O)C(=O)CCCCC3SCC4NC(=O)NC43)cc2)CN(CC(=O)O)CC1. The zero-order valence-electron chi connectivity index (χ0n) is 80.4. The smallest absolute Gasteiger partial charge is 0.325 e. The number of thioether (sulfide) groups is 3. The van der Waals surface area contributed by atoms with Gasteiger partial charge in [0.2, 0.25) is 29.5 Å². The second-order valence-electron chi connectivity index (χ2n) is 36.2. The van der Waals surface area contributed by atoms with Gasteiger partial charge in [-0.15, -0.1) is 0 Å². The zero-order chi connectivity index (χ0) is 105. The molecule has 8 saturated heterocycles. The molecule has 0 radical (unpaired) electrons. The molecule has 0 aromatic heterocycles. The molecule has 54 heteroatoms. The summed E-state index contributed by atoms with van der Waals surface area (Å²) in [6, 6.07) is 12.2. The molecule has 2 aromatic carbocycles. The minimum absolute atomic E-state index is 0.0357. The van der Waals surface area contributed by atoms with Crippen molar-refractivity contribution in [2.45, 2.75) is 154 Å². The normalized spacial score (nSPS) is 22.5. The molecule has 2 aromatic rings. The van der Waals surface area contributed by atoms with Crippen LogP contribution in [0, 0.1) is 0 Å². The molecule has 11 amide bonds. The molecule has 0 aliphatic carbocycles. The van der Waals surface area contributed by atoms with E-state index < -0.39 is 154 Å². The van der Waals surface area contributed by atoms with Gasteiger partial charge in [0, 0.05) is 167 Å². The summed E-state index contributed by atoms with van der Waals surface area (Å²) < 4.78 is 9.24. The van der Waals surface area contributed by atoms with Gasteiger partial charge in [0.15, 0.2) is 0 Å². The van der Waals surface area contributed by atoms with Crippen LogP contribution in [0.4, 0.5) is 25.8 Å². The quantitative estimate of drug-likeness (QED) is 0.0183. The molecule has 18 N–H and O–H groups in total. The summed E-state index contributed by atoms with van der Waals surface area (Å²) >= 11 is 5.34. The number of hydrogen-bond donors (Lipinski definition) is 18. The van der Waals surface area contributed by atoms with Gasteiger partial charge in [0.1, 0.15) is 39.3 Å². The molecule has 11 atom stereocenters. The molecule has 798 valence electrons. The molecule has 144 heavy (non-hydrogen) atoms. The maximum absolute atomic E-state index is 13.2. The summed E-state index contributed by atoms with van der Waals surface area (Å²) in [6.07, 6.45) is 7.05. The number of aliphatic carboxylic acids is 10. The molecule has 10 rings (SSSR count). The first-order chi connectivity index (χ1) is 68.5. The van der Waals surface area contributed by atoms with Crippen LogP contribution in [-0.2, 0) is 104 Å². The fourth-order valence-corrected chi connectivity index (χ4v) is 22.8. The second kappa shape index (κ2) is 60.0. The van der Waals surface area contributed by atoms with Crippen LogP contribution in [-0.4, -0.2) is 503 Å². The number of carboxylic acid groups (broad SMARTS) is 10. The van der Waals surface area contributed by atoms with Gasteiger partial charge in [0.05, 0.1) is 103 Å². The van der Waals surface area contributed by atoms with E-state index in [4.69, 9.17) is 9.84 Å². The number of ether oxygens (including phenoxy) is 2. The minimum atomic E-state index is -1.27. The van der Waals surface area contributed by atoms with E-state index >= 15 is 0 Å². The summed E-state index contributed by atoms with van der Waals surface area (Å²) in [7, 11) is 2.38. The summed E-state index contributed by atoms with van der Waals surface area (Å²) in [4.78, 5) is 256. The Hall–Kier alpha value is -12.0. The van der Waals surface area contributed by atoms with Gasteiger partial charge in [-0.2, -0.15) is 35.3 Å². The van der Waals surface area contributed by atoms with Gasteiger partial charge in [-0.1, -0.05) is 43.5 Å². The van der Waals surface area contributed by atoms with E-state index in [1.54, 1.807) is 111 Å². The highest BCUT2D eigenvalue weighted by atomic mass is 32.2. The highest BCUT2D eigenvalue weighted by Gasteiger charge is 2.46. The van der Waals surface area contributed by atoms with Gasteiger partial charge < -0.3 is 118 Å². The number of nitrogens with one attached hydrogen (secondary N) is 8. The number of methoxy groups -OCH3 is 2. The maximum Gasteiger partial charge on any atom is 0.325 e. The number of urea groups is 3. The molecule has 11 unspecified atom stereocenters. The van der Waals surface area contributed by atoms with Crippen LogP contribution in [0.3, 0.4) is 0 Å². The topological polar surface area (TPSA) is 694 Å². The van der Waals surface area contributed by atoms with Crippen LogP contribution >= 0.6 is 35.3 Å². The van der Waals surface area contributed by atoms with E-state index in [9.17, 15) is 142 Å². The number of amides is 11. The number of benzene rings is 2. The van der Waals surface area contributed by atoms with Crippen LogP contribution in [0.2, 0.25) is 0 Å². The van der Waals surface area contributed by atoms with Crippen molar-refractivity contribution in [2.75, 3.05) is 225 Å². The molecular formula is C90H133N19O32S3. The Kier molecular flexibility index (Phi) is 48.9. The van der Waals surface area contributed by atoms with E-state index in [-0.39, 0.29) is 240 Å². The lowest BCUT2D eigenvalue weighted by atomic mass is 10.0. The average Bonchev–Trinajstić information content (AvgIpc) is 1.66. The summed E-state index contributed by atoms with van der Waals surface area (Å²) in [5, 5.41) is 119. The van der Waals surface area contributed by atoms with E-state index in [0.29, 0.717) is 59.9 Å². The Labute approximate surface area is 842 Å². The molecule has 8 heterocycles. The van der Waals surface area contributed by atoms with Crippen molar-refractivity contribution in [2.24, 2.45) is 0 Å².